The van der Waals surface area contributed by atoms with Gasteiger partial charge in [-0.05, 0) is 37.3 Å². The van der Waals surface area contributed by atoms with E-state index in [1.165, 1.54) is 10.5 Å². The van der Waals surface area contributed by atoms with Crippen LogP contribution in [-0.4, -0.2) is 6.26 Å². The van der Waals surface area contributed by atoms with Crippen molar-refractivity contribution in [1.29, 1.82) is 0 Å². The van der Waals surface area contributed by atoms with Gasteiger partial charge in [0.15, 0.2) is 0 Å². The van der Waals surface area contributed by atoms with Crippen LogP contribution in [0.4, 0.5) is 0 Å². The molecule has 0 atom stereocenters. The van der Waals surface area contributed by atoms with Crippen molar-refractivity contribution in [3.05, 3.63) is 41.6 Å². The van der Waals surface area contributed by atoms with Crippen molar-refractivity contribution < 1.29 is 0 Å². The fourth-order valence-corrected chi connectivity index (χ4v) is 1.56. The van der Waals surface area contributed by atoms with E-state index in [-0.39, 0.29) is 0 Å². The van der Waals surface area contributed by atoms with Gasteiger partial charge in [-0.25, -0.2) is 0 Å². The van der Waals surface area contributed by atoms with E-state index in [2.05, 4.69) is 30.5 Å². The lowest BCUT2D eigenvalue weighted by molar-refractivity contribution is 1.17. The first-order valence-electron chi connectivity index (χ1n) is 4.27. The molecule has 1 rings (SSSR count). The summed E-state index contributed by atoms with van der Waals surface area (Å²) >= 11 is 1.77. The van der Waals surface area contributed by atoms with Gasteiger partial charge in [0, 0.05) is 10.6 Å². The molecule has 0 spiro atoms. The number of benzene rings is 1. The Morgan fingerprint density at radius 3 is 2.92 bits per heavy atom. The third-order valence-electron chi connectivity index (χ3n) is 1.79. The molecule has 2 heteroatoms. The number of nitrogens with two attached hydrogens (primary N) is 1. The molecule has 0 bridgehead atoms. The minimum Gasteiger partial charge on any atom is -0.403 e. The highest BCUT2D eigenvalue weighted by Gasteiger charge is 1.92. The van der Waals surface area contributed by atoms with Crippen molar-refractivity contribution in [2.24, 2.45) is 5.73 Å². The van der Waals surface area contributed by atoms with Gasteiger partial charge in [-0.1, -0.05) is 18.2 Å². The molecule has 70 valence electrons. The highest BCUT2D eigenvalue weighted by Crippen LogP contribution is 2.16. The molecule has 0 aromatic heterocycles. The number of hydrogen-bond donors (Lipinski definition) is 1. The summed E-state index contributed by atoms with van der Waals surface area (Å²) in [4.78, 5) is 1.31. The third-order valence-corrected chi connectivity index (χ3v) is 2.52. The molecule has 2 N–H and O–H groups in total. The summed E-state index contributed by atoms with van der Waals surface area (Å²) in [5.74, 6) is 0. The topological polar surface area (TPSA) is 26.0 Å². The first-order valence-corrected chi connectivity index (χ1v) is 5.50. The van der Waals surface area contributed by atoms with Crippen molar-refractivity contribution in [2.75, 3.05) is 6.26 Å². The second-order valence-electron chi connectivity index (χ2n) is 3.00. The van der Waals surface area contributed by atoms with Gasteiger partial charge in [-0.15, -0.1) is 11.8 Å². The molecule has 0 heterocycles. The molecule has 1 nitrogen and oxygen atoms in total. The van der Waals surface area contributed by atoms with Gasteiger partial charge < -0.3 is 5.73 Å². The van der Waals surface area contributed by atoms with Crippen molar-refractivity contribution >= 4 is 11.8 Å². The zero-order valence-electron chi connectivity index (χ0n) is 8.08. The van der Waals surface area contributed by atoms with E-state index in [0.29, 0.717) is 0 Å². The second-order valence-corrected chi connectivity index (χ2v) is 3.88. The monoisotopic (exact) mass is 193 g/mol. The van der Waals surface area contributed by atoms with Crippen LogP contribution >= 0.6 is 11.8 Å². The zero-order valence-corrected chi connectivity index (χ0v) is 8.90. The van der Waals surface area contributed by atoms with Crippen molar-refractivity contribution in [1.82, 2.24) is 0 Å². The smallest absolute Gasteiger partial charge is 0.00719 e. The predicted molar refractivity (Wildman–Crippen MR) is 59.9 cm³/mol. The molecule has 1 aromatic carbocycles. The van der Waals surface area contributed by atoms with Crippen molar-refractivity contribution in [3.63, 3.8) is 0 Å². The molecule has 13 heavy (non-hydrogen) atoms. The van der Waals surface area contributed by atoms with Crippen LogP contribution in [-0.2, 0) is 6.42 Å². The maximum Gasteiger partial charge on any atom is 0.00719 e. The van der Waals surface area contributed by atoms with E-state index in [1.807, 2.05) is 13.0 Å². The quantitative estimate of drug-likeness (QED) is 0.747. The van der Waals surface area contributed by atoms with Crippen LogP contribution in [0.5, 0.6) is 0 Å². The summed E-state index contributed by atoms with van der Waals surface area (Å²) in [6.45, 7) is 1.92. The van der Waals surface area contributed by atoms with Gasteiger partial charge in [-0.2, -0.15) is 0 Å². The summed E-state index contributed by atoms with van der Waals surface area (Å²) in [7, 11) is 0. The van der Waals surface area contributed by atoms with E-state index >= 15 is 0 Å². The third kappa shape index (κ3) is 3.55. The SMILES string of the molecule is CSc1cccc(C/C=C(\C)N)c1. The van der Waals surface area contributed by atoms with Crippen LogP contribution in [0.1, 0.15) is 12.5 Å². The molecule has 0 unspecified atom stereocenters. The van der Waals surface area contributed by atoms with Crippen LogP contribution in [0.3, 0.4) is 0 Å². The highest BCUT2D eigenvalue weighted by atomic mass is 32.2. The normalized spacial score (nSPS) is 11.7. The molecule has 1 aromatic rings. The summed E-state index contributed by atoms with van der Waals surface area (Å²) in [5, 5.41) is 0. The zero-order chi connectivity index (χ0) is 9.68. The molecule has 0 fully saturated rings. The van der Waals surface area contributed by atoms with E-state index in [4.69, 9.17) is 5.73 Å². The summed E-state index contributed by atoms with van der Waals surface area (Å²) in [5.41, 5.74) is 7.77. The van der Waals surface area contributed by atoms with Crippen LogP contribution in [0.25, 0.3) is 0 Å². The summed E-state index contributed by atoms with van der Waals surface area (Å²) in [6.07, 6.45) is 5.05. The Hall–Kier alpha value is -0.890. The molecular formula is C11H15NS. The van der Waals surface area contributed by atoms with Crippen LogP contribution < -0.4 is 5.73 Å². The molecule has 0 saturated heterocycles. The Bertz CT molecular complexity index is 301. The van der Waals surface area contributed by atoms with Crippen molar-refractivity contribution in [3.8, 4) is 0 Å². The lowest BCUT2D eigenvalue weighted by Gasteiger charge is -2.00. The lowest BCUT2D eigenvalue weighted by Crippen LogP contribution is -1.91. The van der Waals surface area contributed by atoms with Crippen LogP contribution in [0.2, 0.25) is 0 Å². The average Bonchev–Trinajstić information content (AvgIpc) is 2.15. The Balaban J connectivity index is 2.72. The molecule has 0 aliphatic heterocycles. The average molecular weight is 193 g/mol. The largest absolute Gasteiger partial charge is 0.403 e. The van der Waals surface area contributed by atoms with Gasteiger partial charge in [0.25, 0.3) is 0 Å². The van der Waals surface area contributed by atoms with Crippen LogP contribution in [0, 0.1) is 0 Å². The van der Waals surface area contributed by atoms with E-state index in [1.54, 1.807) is 11.8 Å². The van der Waals surface area contributed by atoms with Crippen LogP contribution in [0.15, 0.2) is 40.9 Å². The van der Waals surface area contributed by atoms with Gasteiger partial charge in [0.05, 0.1) is 0 Å². The van der Waals surface area contributed by atoms with E-state index < -0.39 is 0 Å². The first-order chi connectivity index (χ1) is 6.22. The minimum atomic E-state index is 0.884. The first kappa shape index (κ1) is 10.2. The van der Waals surface area contributed by atoms with Gasteiger partial charge in [-0.3, -0.25) is 0 Å². The van der Waals surface area contributed by atoms with Gasteiger partial charge in [0.2, 0.25) is 0 Å². The minimum absolute atomic E-state index is 0.884. The maximum absolute atomic E-state index is 5.57. The molecule has 0 saturated carbocycles. The van der Waals surface area contributed by atoms with E-state index in [0.717, 1.165) is 12.1 Å². The fraction of sp³-hybridized carbons (Fsp3) is 0.273. The molecular weight excluding hydrogens is 178 g/mol. The second kappa shape index (κ2) is 4.97. The Kier molecular flexibility index (Phi) is 3.90. The number of rotatable bonds is 3. The fourth-order valence-electron chi connectivity index (χ4n) is 1.08. The Morgan fingerprint density at radius 1 is 1.54 bits per heavy atom. The predicted octanol–water partition coefficient (Wildman–Crippen LogP) is 2.81. The maximum atomic E-state index is 5.57. The van der Waals surface area contributed by atoms with Gasteiger partial charge in [0.1, 0.15) is 0 Å². The Labute approximate surface area is 84.0 Å². The molecule has 0 amide bonds. The summed E-state index contributed by atoms with van der Waals surface area (Å²) < 4.78 is 0. The van der Waals surface area contributed by atoms with E-state index in [9.17, 15) is 0 Å². The highest BCUT2D eigenvalue weighted by molar-refractivity contribution is 7.98. The number of hydrogen-bond acceptors (Lipinski definition) is 2. The lowest BCUT2D eigenvalue weighted by atomic mass is 10.1. The number of allylic oxidation sites excluding steroid dienone is 2. The molecule has 0 radical (unpaired) electrons. The summed E-state index contributed by atoms with van der Waals surface area (Å²) in [6, 6.07) is 8.53. The van der Waals surface area contributed by atoms with Gasteiger partial charge >= 0.3 is 0 Å². The number of thioether (sulfide) groups is 1. The van der Waals surface area contributed by atoms with Crippen molar-refractivity contribution in [2.45, 2.75) is 18.2 Å². The molecule has 0 aliphatic carbocycles. The standard InChI is InChI=1S/C11H15NS/c1-9(12)6-7-10-4-3-5-11(8-10)13-2/h3-6,8H,7,12H2,1-2H3/b9-6+. The molecule has 0 aliphatic rings. The Morgan fingerprint density at radius 2 is 2.31 bits per heavy atom.